The summed E-state index contributed by atoms with van der Waals surface area (Å²) in [5, 5.41) is 4.28. The molecule has 0 saturated heterocycles. The van der Waals surface area contributed by atoms with Crippen LogP contribution in [0.25, 0.3) is 0 Å². The van der Waals surface area contributed by atoms with Gasteiger partial charge in [-0.2, -0.15) is 0 Å². The first-order chi connectivity index (χ1) is 9.37. The van der Waals surface area contributed by atoms with Gasteiger partial charge in [-0.3, -0.25) is 0 Å². The minimum Gasteiger partial charge on any atom is -0.432 e. The van der Waals surface area contributed by atoms with Gasteiger partial charge in [-0.1, -0.05) is 32.0 Å². The van der Waals surface area contributed by atoms with Gasteiger partial charge in [0.05, 0.1) is 11.8 Å². The highest BCUT2D eigenvalue weighted by Crippen LogP contribution is 2.26. The highest BCUT2D eigenvalue weighted by Gasteiger charge is 2.22. The Morgan fingerprint density at radius 2 is 2.10 bits per heavy atom. The van der Waals surface area contributed by atoms with E-state index in [0.717, 1.165) is 5.56 Å². The van der Waals surface area contributed by atoms with E-state index in [4.69, 9.17) is 17.0 Å². The average Bonchev–Trinajstić information content (AvgIpc) is 2.68. The molecule has 0 bridgehead atoms. The van der Waals surface area contributed by atoms with Crippen molar-refractivity contribution in [2.45, 2.75) is 25.8 Å². The van der Waals surface area contributed by atoms with Gasteiger partial charge in [0.2, 0.25) is 0 Å². The molecule has 1 aromatic rings. The molecule has 1 N–H and O–H groups in total. The van der Waals surface area contributed by atoms with Gasteiger partial charge in [-0.15, -0.1) is 0 Å². The number of hydrogen-bond donors (Lipinski definition) is 1. The summed E-state index contributed by atoms with van der Waals surface area (Å²) in [7, 11) is -3.09. The molecule has 1 aliphatic heterocycles. The maximum absolute atomic E-state index is 11.3. The summed E-state index contributed by atoms with van der Waals surface area (Å²) in [5.74, 6) is 1.04. The molecule has 0 fully saturated rings. The fraction of sp³-hybridized carbons (Fsp3) is 0.357. The molecule has 0 saturated carbocycles. The average molecular weight is 311 g/mol. The fourth-order valence-corrected chi connectivity index (χ4v) is 3.47. The molecule has 0 radical (unpaired) electrons. The van der Waals surface area contributed by atoms with Crippen molar-refractivity contribution in [2.24, 2.45) is 0 Å². The Morgan fingerprint density at radius 3 is 2.70 bits per heavy atom. The molecular weight excluding hydrogens is 294 g/mol. The largest absolute Gasteiger partial charge is 0.432 e. The van der Waals surface area contributed by atoms with Crippen molar-refractivity contribution < 1.29 is 13.2 Å². The number of thiocarbonyl (C=S) groups is 1. The third kappa shape index (κ3) is 3.80. The topological polar surface area (TPSA) is 55.4 Å². The molecule has 6 heteroatoms. The van der Waals surface area contributed by atoms with Gasteiger partial charge in [0, 0.05) is 5.41 Å². The zero-order valence-corrected chi connectivity index (χ0v) is 13.0. The van der Waals surface area contributed by atoms with Crippen LogP contribution in [0.3, 0.4) is 0 Å². The number of benzene rings is 1. The van der Waals surface area contributed by atoms with Crippen LogP contribution in [0.15, 0.2) is 35.7 Å². The summed E-state index contributed by atoms with van der Waals surface area (Å²) in [6.45, 7) is 4.15. The van der Waals surface area contributed by atoms with Crippen LogP contribution in [0.1, 0.15) is 25.3 Å². The predicted octanol–water partition coefficient (Wildman–Crippen LogP) is 2.37. The van der Waals surface area contributed by atoms with Crippen LogP contribution in [0, 0.1) is 0 Å². The van der Waals surface area contributed by atoms with Crippen LogP contribution < -0.4 is 10.1 Å². The summed E-state index contributed by atoms with van der Waals surface area (Å²) in [6.07, 6.45) is 1.58. The molecule has 1 unspecified atom stereocenters. The molecular formula is C14H17NO3S2. The van der Waals surface area contributed by atoms with E-state index in [1.165, 1.54) is 5.41 Å². The second kappa shape index (κ2) is 5.93. The SMILES string of the molecule is CC(C)c1ccccc1OC(=S)NC1C=CS(=O)(=O)C1. The van der Waals surface area contributed by atoms with Crippen molar-refractivity contribution >= 4 is 27.2 Å². The molecule has 0 amide bonds. The van der Waals surface area contributed by atoms with Crippen LogP contribution in [-0.2, 0) is 9.84 Å². The standard InChI is InChI=1S/C14H17NO3S2/c1-10(2)12-5-3-4-6-13(12)18-14(19)15-11-7-8-20(16,17)9-11/h3-8,10-11H,9H2,1-2H3,(H,15,19). The Bertz CT molecular complexity index is 636. The second-order valence-corrected chi connectivity index (χ2v) is 7.29. The van der Waals surface area contributed by atoms with Gasteiger partial charge in [-0.25, -0.2) is 8.42 Å². The second-order valence-electron chi connectivity index (χ2n) is 4.99. The van der Waals surface area contributed by atoms with Crippen molar-refractivity contribution in [2.75, 3.05) is 5.75 Å². The molecule has 4 nitrogen and oxygen atoms in total. The molecule has 0 aromatic heterocycles. The summed E-state index contributed by atoms with van der Waals surface area (Å²) < 4.78 is 28.3. The van der Waals surface area contributed by atoms with Crippen molar-refractivity contribution in [3.05, 3.63) is 41.3 Å². The normalized spacial score (nSPS) is 20.1. The Kier molecular flexibility index (Phi) is 4.45. The number of rotatable bonds is 3. The molecule has 1 atom stereocenters. The van der Waals surface area contributed by atoms with Gasteiger partial charge in [0.25, 0.3) is 5.17 Å². The highest BCUT2D eigenvalue weighted by atomic mass is 32.2. The van der Waals surface area contributed by atoms with E-state index in [1.54, 1.807) is 6.08 Å². The van der Waals surface area contributed by atoms with Crippen LogP contribution in [0.5, 0.6) is 5.75 Å². The first kappa shape index (κ1) is 15.0. The molecule has 0 spiro atoms. The number of hydrogen-bond acceptors (Lipinski definition) is 4. The van der Waals surface area contributed by atoms with E-state index in [1.807, 2.05) is 24.3 Å². The van der Waals surface area contributed by atoms with E-state index in [-0.39, 0.29) is 17.0 Å². The summed E-state index contributed by atoms with van der Waals surface area (Å²) in [5.41, 5.74) is 1.06. The quantitative estimate of drug-likeness (QED) is 0.869. The van der Waals surface area contributed by atoms with Crippen molar-refractivity contribution in [3.63, 3.8) is 0 Å². The smallest absolute Gasteiger partial charge is 0.262 e. The number of ether oxygens (including phenoxy) is 1. The molecule has 1 aliphatic rings. The fourth-order valence-electron chi connectivity index (χ4n) is 2.00. The van der Waals surface area contributed by atoms with Crippen LogP contribution in [-0.4, -0.2) is 25.4 Å². The van der Waals surface area contributed by atoms with Crippen molar-refractivity contribution in [1.29, 1.82) is 0 Å². The first-order valence-electron chi connectivity index (χ1n) is 6.35. The highest BCUT2D eigenvalue weighted by molar-refractivity contribution is 7.94. The minimum atomic E-state index is -3.09. The third-order valence-electron chi connectivity index (χ3n) is 2.98. The lowest BCUT2D eigenvalue weighted by Crippen LogP contribution is -2.37. The van der Waals surface area contributed by atoms with E-state index >= 15 is 0 Å². The number of para-hydroxylation sites is 1. The molecule has 2 rings (SSSR count). The maximum Gasteiger partial charge on any atom is 0.262 e. The van der Waals surface area contributed by atoms with Gasteiger partial charge >= 0.3 is 0 Å². The Labute approximate surface area is 124 Å². The lowest BCUT2D eigenvalue weighted by atomic mass is 10.0. The van der Waals surface area contributed by atoms with Gasteiger partial charge in [-0.05, 0) is 35.8 Å². The zero-order chi connectivity index (χ0) is 14.8. The lowest BCUT2D eigenvalue weighted by molar-refractivity contribution is 0.514. The molecule has 108 valence electrons. The van der Waals surface area contributed by atoms with Crippen molar-refractivity contribution in [3.8, 4) is 5.75 Å². The monoisotopic (exact) mass is 311 g/mol. The molecule has 1 aromatic carbocycles. The number of nitrogens with one attached hydrogen (secondary N) is 1. The Balaban J connectivity index is 2.01. The van der Waals surface area contributed by atoms with Crippen molar-refractivity contribution in [1.82, 2.24) is 5.32 Å². The first-order valence-corrected chi connectivity index (χ1v) is 8.48. The zero-order valence-electron chi connectivity index (χ0n) is 11.4. The lowest BCUT2D eigenvalue weighted by Gasteiger charge is -2.16. The maximum atomic E-state index is 11.3. The van der Waals surface area contributed by atoms with Gasteiger partial charge < -0.3 is 10.1 Å². The minimum absolute atomic E-state index is 0.0162. The van der Waals surface area contributed by atoms with Crippen LogP contribution in [0.4, 0.5) is 0 Å². The molecule has 1 heterocycles. The van der Waals surface area contributed by atoms with E-state index < -0.39 is 9.84 Å². The molecule has 20 heavy (non-hydrogen) atoms. The Hall–Kier alpha value is -1.40. The van der Waals surface area contributed by atoms with Crippen LogP contribution >= 0.6 is 12.2 Å². The van der Waals surface area contributed by atoms with E-state index in [2.05, 4.69) is 19.2 Å². The summed E-state index contributed by atoms with van der Waals surface area (Å²) >= 11 is 5.13. The van der Waals surface area contributed by atoms with Crippen LogP contribution in [0.2, 0.25) is 0 Å². The van der Waals surface area contributed by atoms with Gasteiger partial charge in [0.15, 0.2) is 9.84 Å². The van der Waals surface area contributed by atoms with E-state index in [9.17, 15) is 8.42 Å². The number of sulfone groups is 1. The summed E-state index contributed by atoms with van der Waals surface area (Å²) in [4.78, 5) is 0. The van der Waals surface area contributed by atoms with Gasteiger partial charge in [0.1, 0.15) is 5.75 Å². The predicted molar refractivity (Wildman–Crippen MR) is 83.6 cm³/mol. The molecule has 0 aliphatic carbocycles. The third-order valence-corrected chi connectivity index (χ3v) is 4.57. The Morgan fingerprint density at radius 1 is 1.40 bits per heavy atom. The van der Waals surface area contributed by atoms with E-state index in [0.29, 0.717) is 11.7 Å². The summed E-state index contributed by atoms with van der Waals surface area (Å²) in [6, 6.07) is 7.35.